The largest absolute Gasteiger partial charge is 0.469 e. The van der Waals surface area contributed by atoms with Crippen molar-refractivity contribution >= 4 is 5.97 Å². The summed E-state index contributed by atoms with van der Waals surface area (Å²) >= 11 is 0. The number of hydrogen-bond donors (Lipinski definition) is 1. The molecule has 3 atom stereocenters. The van der Waals surface area contributed by atoms with Gasteiger partial charge in [0.05, 0.1) is 31.8 Å². The maximum Gasteiger partial charge on any atom is 0.311 e. The summed E-state index contributed by atoms with van der Waals surface area (Å²) < 4.78 is 10.1. The number of carbonyl (C=O) groups excluding carboxylic acids is 1. The van der Waals surface area contributed by atoms with Crippen LogP contribution in [0.25, 0.3) is 0 Å². The monoisotopic (exact) mass is 188 g/mol. The van der Waals surface area contributed by atoms with E-state index in [1.54, 1.807) is 6.92 Å². The highest BCUT2D eigenvalue weighted by molar-refractivity contribution is 5.72. The van der Waals surface area contributed by atoms with Gasteiger partial charge in [-0.25, -0.2) is 0 Å². The normalized spacial score (nSPS) is 30.1. The lowest BCUT2D eigenvalue weighted by atomic mass is 10.0. The summed E-state index contributed by atoms with van der Waals surface area (Å²) in [5.74, 6) is -0.481. The van der Waals surface area contributed by atoms with Crippen molar-refractivity contribution in [3.05, 3.63) is 0 Å². The number of methoxy groups -OCH3 is 1. The third-order valence-corrected chi connectivity index (χ3v) is 2.47. The zero-order valence-electron chi connectivity index (χ0n) is 8.03. The minimum atomic E-state index is -0.247. The predicted octanol–water partition coefficient (Wildman–Crippen LogP) is 0.335. The summed E-state index contributed by atoms with van der Waals surface area (Å²) in [4.78, 5) is 11.1. The van der Waals surface area contributed by atoms with Crippen LogP contribution in [0.2, 0.25) is 0 Å². The first-order valence-electron chi connectivity index (χ1n) is 4.53. The Morgan fingerprint density at radius 3 is 2.85 bits per heavy atom. The molecule has 0 amide bonds. The van der Waals surface area contributed by atoms with E-state index in [4.69, 9.17) is 9.84 Å². The average Bonchev–Trinajstić information content (AvgIpc) is 2.63. The molecule has 0 aromatic carbocycles. The second-order valence-corrected chi connectivity index (χ2v) is 3.37. The van der Waals surface area contributed by atoms with Crippen molar-refractivity contribution in [1.29, 1.82) is 0 Å². The fraction of sp³-hybridized carbons (Fsp3) is 0.889. The fourth-order valence-corrected chi connectivity index (χ4v) is 1.57. The van der Waals surface area contributed by atoms with Crippen molar-refractivity contribution in [1.82, 2.24) is 0 Å². The molecule has 1 N–H and O–H groups in total. The number of aliphatic hydroxyl groups excluding tert-OH is 1. The Kier molecular flexibility index (Phi) is 3.69. The maximum absolute atomic E-state index is 11.1. The second-order valence-electron chi connectivity index (χ2n) is 3.37. The van der Waals surface area contributed by atoms with Crippen LogP contribution < -0.4 is 0 Å². The molecular weight excluding hydrogens is 172 g/mol. The van der Waals surface area contributed by atoms with Crippen molar-refractivity contribution in [2.45, 2.75) is 32.0 Å². The van der Waals surface area contributed by atoms with Gasteiger partial charge in [-0.05, 0) is 19.8 Å². The van der Waals surface area contributed by atoms with E-state index in [1.165, 1.54) is 7.11 Å². The van der Waals surface area contributed by atoms with Gasteiger partial charge in [0.1, 0.15) is 0 Å². The van der Waals surface area contributed by atoms with Gasteiger partial charge in [0.25, 0.3) is 0 Å². The lowest BCUT2D eigenvalue weighted by molar-refractivity contribution is -0.150. The number of hydrogen-bond acceptors (Lipinski definition) is 4. The van der Waals surface area contributed by atoms with Gasteiger partial charge in [-0.3, -0.25) is 4.79 Å². The second kappa shape index (κ2) is 4.58. The van der Waals surface area contributed by atoms with Crippen molar-refractivity contribution in [2.75, 3.05) is 13.7 Å². The molecule has 76 valence electrons. The molecule has 0 radical (unpaired) electrons. The molecule has 1 aliphatic heterocycles. The number of rotatable bonds is 3. The molecule has 4 nitrogen and oxygen atoms in total. The third kappa shape index (κ3) is 2.42. The molecule has 1 heterocycles. The van der Waals surface area contributed by atoms with Crippen molar-refractivity contribution < 1.29 is 19.4 Å². The number of aliphatic hydroxyl groups is 1. The van der Waals surface area contributed by atoms with Crippen LogP contribution in [0.15, 0.2) is 0 Å². The minimum absolute atomic E-state index is 0.0321. The Morgan fingerprint density at radius 2 is 2.38 bits per heavy atom. The molecule has 2 unspecified atom stereocenters. The van der Waals surface area contributed by atoms with Gasteiger partial charge in [-0.2, -0.15) is 0 Å². The van der Waals surface area contributed by atoms with Gasteiger partial charge >= 0.3 is 5.97 Å². The first-order valence-corrected chi connectivity index (χ1v) is 4.53. The van der Waals surface area contributed by atoms with Gasteiger partial charge in [-0.15, -0.1) is 0 Å². The van der Waals surface area contributed by atoms with Gasteiger partial charge in [0.2, 0.25) is 0 Å². The molecule has 0 spiro atoms. The van der Waals surface area contributed by atoms with Crippen LogP contribution in [0.1, 0.15) is 19.8 Å². The smallest absolute Gasteiger partial charge is 0.311 e. The lowest BCUT2D eigenvalue weighted by Gasteiger charge is -2.17. The topological polar surface area (TPSA) is 55.8 Å². The molecule has 0 aromatic heterocycles. The SMILES string of the molecule is COC(=O)C(C)C1CC[C@H](CO)O1. The molecule has 4 heteroatoms. The standard InChI is InChI=1S/C9H16O4/c1-6(9(11)12-2)8-4-3-7(5-10)13-8/h6-8,10H,3-5H2,1-2H3/t6?,7-,8?/m1/s1. The van der Waals surface area contributed by atoms with E-state index >= 15 is 0 Å². The molecule has 1 fully saturated rings. The summed E-state index contributed by atoms with van der Waals surface area (Å²) in [7, 11) is 1.37. The van der Waals surface area contributed by atoms with E-state index in [1.807, 2.05) is 0 Å². The van der Waals surface area contributed by atoms with E-state index in [-0.39, 0.29) is 30.7 Å². The molecule has 0 aliphatic carbocycles. The average molecular weight is 188 g/mol. The highest BCUT2D eigenvalue weighted by Gasteiger charge is 2.32. The van der Waals surface area contributed by atoms with E-state index in [2.05, 4.69) is 4.74 Å². The van der Waals surface area contributed by atoms with Crippen molar-refractivity contribution in [3.63, 3.8) is 0 Å². The highest BCUT2D eigenvalue weighted by Crippen LogP contribution is 2.25. The Balaban J connectivity index is 2.41. The Labute approximate surface area is 77.8 Å². The minimum Gasteiger partial charge on any atom is -0.469 e. The van der Waals surface area contributed by atoms with E-state index in [9.17, 15) is 4.79 Å². The molecule has 1 saturated heterocycles. The first kappa shape index (κ1) is 10.5. The van der Waals surface area contributed by atoms with Gasteiger partial charge in [0, 0.05) is 0 Å². The quantitative estimate of drug-likeness (QED) is 0.649. The molecule has 0 saturated carbocycles. The van der Waals surface area contributed by atoms with Crippen molar-refractivity contribution in [3.8, 4) is 0 Å². The van der Waals surface area contributed by atoms with E-state index in [0.717, 1.165) is 12.8 Å². The Hall–Kier alpha value is -0.610. The molecular formula is C9H16O4. The molecule has 13 heavy (non-hydrogen) atoms. The van der Waals surface area contributed by atoms with E-state index < -0.39 is 0 Å². The van der Waals surface area contributed by atoms with Crippen LogP contribution in [0.4, 0.5) is 0 Å². The number of carbonyl (C=O) groups is 1. The summed E-state index contributed by atoms with van der Waals surface area (Å²) in [5, 5.41) is 8.82. The van der Waals surface area contributed by atoms with Crippen LogP contribution in [0, 0.1) is 5.92 Å². The summed E-state index contributed by atoms with van der Waals surface area (Å²) in [6, 6.07) is 0. The van der Waals surface area contributed by atoms with Crippen LogP contribution in [0.5, 0.6) is 0 Å². The molecule has 1 rings (SSSR count). The lowest BCUT2D eigenvalue weighted by Crippen LogP contribution is -2.27. The van der Waals surface area contributed by atoms with Crippen molar-refractivity contribution in [2.24, 2.45) is 5.92 Å². The van der Waals surface area contributed by atoms with Gasteiger partial charge < -0.3 is 14.6 Å². The van der Waals surface area contributed by atoms with Gasteiger partial charge in [0.15, 0.2) is 0 Å². The molecule has 0 aromatic rings. The van der Waals surface area contributed by atoms with Crippen LogP contribution in [-0.4, -0.2) is 37.0 Å². The molecule has 0 bridgehead atoms. The summed E-state index contributed by atoms with van der Waals surface area (Å²) in [5.41, 5.74) is 0. The van der Waals surface area contributed by atoms with Crippen LogP contribution in [-0.2, 0) is 14.3 Å². The number of ether oxygens (including phenoxy) is 2. The first-order chi connectivity index (χ1) is 6.19. The van der Waals surface area contributed by atoms with Crippen LogP contribution >= 0.6 is 0 Å². The summed E-state index contributed by atoms with van der Waals surface area (Å²) in [6.45, 7) is 1.82. The number of esters is 1. The Morgan fingerprint density at radius 1 is 1.69 bits per heavy atom. The zero-order chi connectivity index (χ0) is 9.84. The maximum atomic E-state index is 11.1. The predicted molar refractivity (Wildman–Crippen MR) is 46.2 cm³/mol. The highest BCUT2D eigenvalue weighted by atomic mass is 16.5. The summed E-state index contributed by atoms with van der Waals surface area (Å²) in [6.07, 6.45) is 1.45. The van der Waals surface area contributed by atoms with Crippen LogP contribution in [0.3, 0.4) is 0 Å². The third-order valence-electron chi connectivity index (χ3n) is 2.47. The van der Waals surface area contributed by atoms with Gasteiger partial charge in [-0.1, -0.05) is 0 Å². The van der Waals surface area contributed by atoms with E-state index in [0.29, 0.717) is 0 Å². The fourth-order valence-electron chi connectivity index (χ4n) is 1.57. The Bertz CT molecular complexity index is 180. The zero-order valence-corrected chi connectivity index (χ0v) is 8.03. The molecule has 1 aliphatic rings.